The van der Waals surface area contributed by atoms with E-state index >= 15 is 0 Å². The molecule has 0 radical (unpaired) electrons. The zero-order valence-electron chi connectivity index (χ0n) is 7.17. The highest BCUT2D eigenvalue weighted by molar-refractivity contribution is 9.08. The Hall–Kier alpha value is -1.02. The molecular formula is C9H7BrF2N2. The number of hydrogen-bond acceptors (Lipinski definition) is 2. The second-order valence-electron chi connectivity index (χ2n) is 2.62. The van der Waals surface area contributed by atoms with Gasteiger partial charge in [0.15, 0.2) is 0 Å². The summed E-state index contributed by atoms with van der Waals surface area (Å²) in [6, 6.07) is 4.99. The Labute approximate surface area is 88.7 Å². The Balaban J connectivity index is 3.11. The van der Waals surface area contributed by atoms with Crippen LogP contribution in [-0.4, -0.2) is 4.98 Å². The SMILES string of the molecule is N#CCc1ccc(CBr)nc1C(F)F. The molecule has 74 valence electrons. The molecule has 1 aromatic rings. The molecule has 14 heavy (non-hydrogen) atoms. The fourth-order valence-electron chi connectivity index (χ4n) is 1.04. The number of pyridine rings is 1. The van der Waals surface area contributed by atoms with Gasteiger partial charge in [0.05, 0.1) is 18.2 Å². The molecule has 0 aliphatic rings. The highest BCUT2D eigenvalue weighted by Gasteiger charge is 2.14. The molecule has 1 heterocycles. The van der Waals surface area contributed by atoms with Crippen LogP contribution in [0.15, 0.2) is 12.1 Å². The lowest BCUT2D eigenvalue weighted by Crippen LogP contribution is -2.00. The van der Waals surface area contributed by atoms with Gasteiger partial charge in [0, 0.05) is 5.33 Å². The van der Waals surface area contributed by atoms with E-state index in [9.17, 15) is 8.78 Å². The van der Waals surface area contributed by atoms with Crippen molar-refractivity contribution in [2.45, 2.75) is 18.2 Å². The maximum absolute atomic E-state index is 12.5. The molecule has 0 fully saturated rings. The summed E-state index contributed by atoms with van der Waals surface area (Å²) in [5.74, 6) is 0. The minimum Gasteiger partial charge on any atom is -0.251 e. The van der Waals surface area contributed by atoms with Crippen molar-refractivity contribution in [3.63, 3.8) is 0 Å². The van der Waals surface area contributed by atoms with E-state index < -0.39 is 6.43 Å². The molecule has 0 aromatic carbocycles. The van der Waals surface area contributed by atoms with Gasteiger partial charge in [-0.15, -0.1) is 0 Å². The molecule has 0 atom stereocenters. The van der Waals surface area contributed by atoms with Crippen LogP contribution >= 0.6 is 15.9 Å². The normalized spacial score (nSPS) is 10.2. The molecule has 0 aliphatic carbocycles. The van der Waals surface area contributed by atoms with E-state index in [0.29, 0.717) is 16.6 Å². The second kappa shape index (κ2) is 5.01. The summed E-state index contributed by atoms with van der Waals surface area (Å²) >= 11 is 3.13. The first kappa shape index (κ1) is 11.1. The number of rotatable bonds is 3. The number of halogens is 3. The zero-order valence-corrected chi connectivity index (χ0v) is 8.76. The molecule has 0 aliphatic heterocycles. The molecule has 0 bridgehead atoms. The van der Waals surface area contributed by atoms with Crippen LogP contribution in [0.3, 0.4) is 0 Å². The van der Waals surface area contributed by atoms with Gasteiger partial charge in [0.25, 0.3) is 6.43 Å². The monoisotopic (exact) mass is 260 g/mol. The van der Waals surface area contributed by atoms with Crippen molar-refractivity contribution in [3.05, 3.63) is 29.1 Å². The lowest BCUT2D eigenvalue weighted by molar-refractivity contribution is 0.145. The number of aromatic nitrogens is 1. The molecule has 0 unspecified atom stereocenters. The Morgan fingerprint density at radius 2 is 2.21 bits per heavy atom. The molecule has 2 nitrogen and oxygen atoms in total. The smallest absolute Gasteiger partial charge is 0.251 e. The average Bonchev–Trinajstić information content (AvgIpc) is 2.18. The molecule has 0 saturated carbocycles. The molecule has 0 N–H and O–H groups in total. The Kier molecular flexibility index (Phi) is 3.96. The van der Waals surface area contributed by atoms with Gasteiger partial charge in [-0.05, 0) is 11.6 Å². The lowest BCUT2D eigenvalue weighted by Gasteiger charge is -2.06. The summed E-state index contributed by atoms with van der Waals surface area (Å²) in [6.07, 6.45) is -2.66. The van der Waals surface area contributed by atoms with Gasteiger partial charge in [-0.25, -0.2) is 8.78 Å². The second-order valence-corrected chi connectivity index (χ2v) is 3.18. The first-order chi connectivity index (χ1) is 6.69. The summed E-state index contributed by atoms with van der Waals surface area (Å²) in [4.78, 5) is 3.76. The van der Waals surface area contributed by atoms with Gasteiger partial charge in [-0.2, -0.15) is 5.26 Å². The molecule has 0 amide bonds. The molecule has 0 saturated heterocycles. The van der Waals surface area contributed by atoms with Crippen LogP contribution in [0.5, 0.6) is 0 Å². The largest absolute Gasteiger partial charge is 0.280 e. The summed E-state index contributed by atoms with van der Waals surface area (Å²) in [7, 11) is 0. The van der Waals surface area contributed by atoms with E-state index in [1.807, 2.05) is 6.07 Å². The van der Waals surface area contributed by atoms with Gasteiger partial charge < -0.3 is 0 Å². The third-order valence-corrected chi connectivity index (χ3v) is 2.26. The minimum atomic E-state index is -2.63. The molecule has 0 spiro atoms. The van der Waals surface area contributed by atoms with Gasteiger partial charge >= 0.3 is 0 Å². The predicted octanol–water partition coefficient (Wildman–Crippen LogP) is 2.98. The van der Waals surface area contributed by atoms with Crippen molar-refractivity contribution in [2.75, 3.05) is 0 Å². The fourth-order valence-corrected chi connectivity index (χ4v) is 1.36. The number of nitriles is 1. The quantitative estimate of drug-likeness (QED) is 0.784. The van der Waals surface area contributed by atoms with Crippen LogP contribution in [0.1, 0.15) is 23.4 Å². The Morgan fingerprint density at radius 1 is 1.50 bits per heavy atom. The molecule has 5 heteroatoms. The fraction of sp³-hybridized carbons (Fsp3) is 0.333. The maximum Gasteiger partial charge on any atom is 0.280 e. The van der Waals surface area contributed by atoms with Crippen molar-refractivity contribution < 1.29 is 8.78 Å². The number of nitrogens with zero attached hydrogens (tertiary/aromatic N) is 2. The third kappa shape index (κ3) is 2.48. The maximum atomic E-state index is 12.5. The van der Waals surface area contributed by atoms with Crippen LogP contribution in [-0.2, 0) is 11.8 Å². The van der Waals surface area contributed by atoms with Crippen molar-refractivity contribution in [2.24, 2.45) is 0 Å². The van der Waals surface area contributed by atoms with Crippen molar-refractivity contribution in [1.29, 1.82) is 5.26 Å². The van der Waals surface area contributed by atoms with E-state index in [0.717, 1.165) is 0 Å². The number of alkyl halides is 3. The minimum absolute atomic E-state index is 0.0325. The number of hydrogen-bond donors (Lipinski definition) is 0. The van der Waals surface area contributed by atoms with Crippen molar-refractivity contribution in [3.8, 4) is 6.07 Å². The molecular weight excluding hydrogens is 254 g/mol. The summed E-state index contributed by atoms with van der Waals surface area (Å²) in [5.41, 5.74) is 0.553. The van der Waals surface area contributed by atoms with Crippen molar-refractivity contribution in [1.82, 2.24) is 4.98 Å². The van der Waals surface area contributed by atoms with E-state index in [1.54, 1.807) is 6.07 Å². The van der Waals surface area contributed by atoms with Crippen LogP contribution < -0.4 is 0 Å². The Bertz CT molecular complexity index is 360. The highest BCUT2D eigenvalue weighted by atomic mass is 79.9. The standard InChI is InChI=1S/C9H7BrF2N2/c10-5-7-2-1-6(3-4-13)8(14-7)9(11)12/h1-2,9H,3,5H2. The van der Waals surface area contributed by atoms with Crippen LogP contribution in [0.2, 0.25) is 0 Å². The van der Waals surface area contributed by atoms with Crippen molar-refractivity contribution >= 4 is 15.9 Å². The summed E-state index contributed by atoms with van der Waals surface area (Å²) in [5, 5.41) is 8.85. The van der Waals surface area contributed by atoms with Gasteiger partial charge in [0.2, 0.25) is 0 Å². The van der Waals surface area contributed by atoms with Crippen LogP contribution in [0, 0.1) is 11.3 Å². The topological polar surface area (TPSA) is 36.7 Å². The highest BCUT2D eigenvalue weighted by Crippen LogP contribution is 2.22. The van der Waals surface area contributed by atoms with Crippen LogP contribution in [0.25, 0.3) is 0 Å². The average molecular weight is 261 g/mol. The first-order valence-electron chi connectivity index (χ1n) is 3.88. The van der Waals surface area contributed by atoms with E-state index in [1.165, 1.54) is 6.07 Å². The molecule has 1 rings (SSSR count). The zero-order chi connectivity index (χ0) is 10.6. The predicted molar refractivity (Wildman–Crippen MR) is 51.1 cm³/mol. The van der Waals surface area contributed by atoms with E-state index in [2.05, 4.69) is 20.9 Å². The van der Waals surface area contributed by atoms with Gasteiger partial charge in [0.1, 0.15) is 5.69 Å². The van der Waals surface area contributed by atoms with Crippen LogP contribution in [0.4, 0.5) is 8.78 Å². The summed E-state index contributed by atoms with van der Waals surface area (Å²) < 4.78 is 25.0. The Morgan fingerprint density at radius 3 is 2.71 bits per heavy atom. The third-order valence-electron chi connectivity index (χ3n) is 1.68. The van der Waals surface area contributed by atoms with E-state index in [4.69, 9.17) is 5.26 Å². The van der Waals surface area contributed by atoms with Gasteiger partial charge in [-0.3, -0.25) is 4.98 Å². The molecule has 1 aromatic heterocycles. The van der Waals surface area contributed by atoms with Gasteiger partial charge in [-0.1, -0.05) is 22.0 Å². The summed E-state index contributed by atoms with van der Waals surface area (Å²) in [6.45, 7) is 0. The lowest BCUT2D eigenvalue weighted by atomic mass is 10.1. The van der Waals surface area contributed by atoms with E-state index in [-0.39, 0.29) is 12.1 Å². The first-order valence-corrected chi connectivity index (χ1v) is 5.01.